The lowest BCUT2D eigenvalue weighted by molar-refractivity contribution is -0.122. The normalized spacial score (nSPS) is 12.0. The molecule has 2 aromatic carbocycles. The number of para-hydroxylation sites is 1. The van der Waals surface area contributed by atoms with E-state index in [1.165, 1.54) is 0 Å². The van der Waals surface area contributed by atoms with Crippen LogP contribution >= 0.6 is 11.6 Å². The number of hydrogen-bond acceptors (Lipinski definition) is 4. The van der Waals surface area contributed by atoms with Gasteiger partial charge in [-0.05, 0) is 50.4 Å². The number of amides is 2. The average Bonchev–Trinajstić information content (AvgIpc) is 2.69. The zero-order chi connectivity index (χ0) is 20.1. The maximum Gasteiger partial charge on any atom is 0.241 e. The first-order valence-corrected chi connectivity index (χ1v) is 9.22. The zero-order valence-electron chi connectivity index (χ0n) is 15.6. The molecule has 28 heavy (non-hydrogen) atoms. The summed E-state index contributed by atoms with van der Waals surface area (Å²) in [6.07, 6.45) is 1.71. The second-order valence-electron chi connectivity index (χ2n) is 6.48. The van der Waals surface area contributed by atoms with Crippen LogP contribution in [0, 0.1) is 0 Å². The number of carbonyl (C=O) groups excluding carboxylic acids is 2. The summed E-state index contributed by atoms with van der Waals surface area (Å²) in [5.41, 5.74) is 2.04. The predicted molar refractivity (Wildman–Crippen MR) is 113 cm³/mol. The Balaban J connectivity index is 1.62. The molecular weight excluding hydrogens is 376 g/mol. The molecule has 0 spiro atoms. The zero-order valence-corrected chi connectivity index (χ0v) is 16.4. The Bertz CT molecular complexity index is 1000. The molecule has 3 aromatic rings. The van der Waals surface area contributed by atoms with Crippen LogP contribution in [0.1, 0.15) is 6.92 Å². The Labute approximate surface area is 168 Å². The van der Waals surface area contributed by atoms with Crippen LogP contribution in [0.5, 0.6) is 0 Å². The highest BCUT2D eigenvalue weighted by atomic mass is 35.5. The highest BCUT2D eigenvalue weighted by molar-refractivity contribution is 6.33. The van der Waals surface area contributed by atoms with E-state index in [0.717, 1.165) is 10.9 Å². The summed E-state index contributed by atoms with van der Waals surface area (Å²) in [5.74, 6) is -0.450. The van der Waals surface area contributed by atoms with Crippen LogP contribution in [-0.2, 0) is 9.59 Å². The second-order valence-corrected chi connectivity index (χ2v) is 6.89. The van der Waals surface area contributed by atoms with E-state index in [1.54, 1.807) is 49.3 Å². The minimum Gasteiger partial charge on any atom is -0.324 e. The van der Waals surface area contributed by atoms with Gasteiger partial charge < -0.3 is 10.6 Å². The van der Waals surface area contributed by atoms with Crippen molar-refractivity contribution in [2.75, 3.05) is 24.2 Å². The highest BCUT2D eigenvalue weighted by Crippen LogP contribution is 2.22. The molecule has 6 nitrogen and oxygen atoms in total. The van der Waals surface area contributed by atoms with Gasteiger partial charge in [0.2, 0.25) is 11.8 Å². The largest absolute Gasteiger partial charge is 0.324 e. The van der Waals surface area contributed by atoms with Crippen molar-refractivity contribution >= 4 is 45.7 Å². The van der Waals surface area contributed by atoms with Gasteiger partial charge in [-0.1, -0.05) is 29.8 Å². The van der Waals surface area contributed by atoms with Crippen LogP contribution in [0.4, 0.5) is 11.4 Å². The number of pyridine rings is 1. The SMILES string of the molecule is C[C@@H](C(=O)Nc1cccc2ncccc12)N(C)CC(=O)Nc1ccccc1Cl. The average molecular weight is 397 g/mol. The number of nitrogens with zero attached hydrogens (tertiary/aromatic N) is 2. The highest BCUT2D eigenvalue weighted by Gasteiger charge is 2.21. The number of benzene rings is 2. The van der Waals surface area contributed by atoms with Crippen molar-refractivity contribution in [2.24, 2.45) is 0 Å². The molecular formula is C21H21ClN4O2. The fourth-order valence-corrected chi connectivity index (χ4v) is 2.95. The van der Waals surface area contributed by atoms with Gasteiger partial charge in [0, 0.05) is 11.6 Å². The number of likely N-dealkylation sites (N-methyl/N-ethyl adjacent to an activating group) is 1. The van der Waals surface area contributed by atoms with Gasteiger partial charge in [0.05, 0.1) is 34.5 Å². The van der Waals surface area contributed by atoms with Crippen LogP contribution in [0.2, 0.25) is 5.02 Å². The molecule has 1 atom stereocenters. The van der Waals surface area contributed by atoms with Gasteiger partial charge in [0.1, 0.15) is 0 Å². The summed E-state index contributed by atoms with van der Waals surface area (Å²) in [5, 5.41) is 7.01. The fourth-order valence-electron chi connectivity index (χ4n) is 2.77. The Morgan fingerprint density at radius 3 is 2.57 bits per heavy atom. The van der Waals surface area contributed by atoms with Crippen molar-refractivity contribution in [1.82, 2.24) is 9.88 Å². The molecule has 3 rings (SSSR count). The molecule has 0 saturated heterocycles. The second kappa shape index (κ2) is 8.82. The molecule has 1 aromatic heterocycles. The molecule has 2 N–H and O–H groups in total. The number of hydrogen-bond donors (Lipinski definition) is 2. The first-order chi connectivity index (χ1) is 13.5. The van der Waals surface area contributed by atoms with E-state index in [0.29, 0.717) is 16.4 Å². The Kier molecular flexibility index (Phi) is 6.23. The molecule has 0 bridgehead atoms. The predicted octanol–water partition coefficient (Wildman–Crippen LogP) is 3.79. The standard InChI is InChI=1S/C21H21ClN4O2/c1-14(26(2)13-20(27)24-19-9-4-3-8-16(19)22)21(28)25-18-11-5-10-17-15(18)7-6-12-23-17/h3-12,14H,13H2,1-2H3,(H,24,27)(H,25,28)/t14-/m0/s1. The van der Waals surface area contributed by atoms with Crippen molar-refractivity contribution in [3.8, 4) is 0 Å². The Hall–Kier alpha value is -2.96. The molecule has 1 heterocycles. The van der Waals surface area contributed by atoms with Gasteiger partial charge in [-0.15, -0.1) is 0 Å². The van der Waals surface area contributed by atoms with E-state index in [4.69, 9.17) is 11.6 Å². The number of aromatic nitrogens is 1. The van der Waals surface area contributed by atoms with Gasteiger partial charge >= 0.3 is 0 Å². The molecule has 144 valence electrons. The van der Waals surface area contributed by atoms with Crippen LogP contribution in [0.25, 0.3) is 10.9 Å². The number of fused-ring (bicyclic) bond motifs is 1. The van der Waals surface area contributed by atoms with E-state index in [1.807, 2.05) is 30.3 Å². The fraction of sp³-hybridized carbons (Fsp3) is 0.190. The van der Waals surface area contributed by atoms with Gasteiger partial charge in [-0.2, -0.15) is 0 Å². The van der Waals surface area contributed by atoms with Gasteiger partial charge in [0.25, 0.3) is 0 Å². The number of halogens is 1. The van der Waals surface area contributed by atoms with Crippen LogP contribution in [-0.4, -0.2) is 41.3 Å². The lowest BCUT2D eigenvalue weighted by Crippen LogP contribution is -2.43. The monoisotopic (exact) mass is 396 g/mol. The van der Waals surface area contributed by atoms with Crippen LogP contribution in [0.15, 0.2) is 60.8 Å². The van der Waals surface area contributed by atoms with E-state index in [-0.39, 0.29) is 18.4 Å². The summed E-state index contributed by atoms with van der Waals surface area (Å²) >= 11 is 6.06. The summed E-state index contributed by atoms with van der Waals surface area (Å²) in [6, 6.07) is 15.8. The summed E-state index contributed by atoms with van der Waals surface area (Å²) in [7, 11) is 1.72. The minimum absolute atomic E-state index is 0.0525. The molecule has 0 fully saturated rings. The summed E-state index contributed by atoms with van der Waals surface area (Å²) in [6.45, 7) is 1.80. The third-order valence-corrected chi connectivity index (χ3v) is 4.81. The first-order valence-electron chi connectivity index (χ1n) is 8.85. The van der Waals surface area contributed by atoms with Gasteiger partial charge in [0.15, 0.2) is 0 Å². The van der Waals surface area contributed by atoms with E-state index in [9.17, 15) is 9.59 Å². The third kappa shape index (κ3) is 4.65. The molecule has 7 heteroatoms. The van der Waals surface area contributed by atoms with E-state index < -0.39 is 6.04 Å². The Morgan fingerprint density at radius 1 is 1.04 bits per heavy atom. The third-order valence-electron chi connectivity index (χ3n) is 4.49. The summed E-state index contributed by atoms with van der Waals surface area (Å²) < 4.78 is 0. The van der Waals surface area contributed by atoms with Crippen molar-refractivity contribution in [3.05, 3.63) is 65.8 Å². The lowest BCUT2D eigenvalue weighted by Gasteiger charge is -2.23. The molecule has 0 radical (unpaired) electrons. The van der Waals surface area contributed by atoms with Gasteiger partial charge in [-0.25, -0.2) is 0 Å². The lowest BCUT2D eigenvalue weighted by atomic mass is 10.1. The van der Waals surface area contributed by atoms with Crippen LogP contribution in [0.3, 0.4) is 0 Å². The summed E-state index contributed by atoms with van der Waals surface area (Å²) in [4.78, 5) is 30.9. The number of nitrogens with one attached hydrogen (secondary N) is 2. The molecule has 0 aliphatic carbocycles. The van der Waals surface area contributed by atoms with Crippen molar-refractivity contribution in [1.29, 1.82) is 0 Å². The first kappa shape index (κ1) is 19.8. The molecule has 0 unspecified atom stereocenters. The number of carbonyl (C=O) groups is 2. The molecule has 0 aliphatic heterocycles. The Morgan fingerprint density at radius 2 is 1.79 bits per heavy atom. The molecule has 0 aliphatic rings. The maximum absolute atomic E-state index is 12.7. The minimum atomic E-state index is -0.510. The van der Waals surface area contributed by atoms with Crippen molar-refractivity contribution in [2.45, 2.75) is 13.0 Å². The quantitative estimate of drug-likeness (QED) is 0.664. The smallest absolute Gasteiger partial charge is 0.241 e. The molecule has 2 amide bonds. The van der Waals surface area contributed by atoms with E-state index in [2.05, 4.69) is 15.6 Å². The number of anilines is 2. The van der Waals surface area contributed by atoms with E-state index >= 15 is 0 Å². The van der Waals surface area contributed by atoms with Gasteiger partial charge in [-0.3, -0.25) is 19.5 Å². The van der Waals surface area contributed by atoms with Crippen molar-refractivity contribution < 1.29 is 9.59 Å². The number of rotatable bonds is 6. The molecule has 0 saturated carbocycles. The topological polar surface area (TPSA) is 74.3 Å². The maximum atomic E-state index is 12.7. The van der Waals surface area contributed by atoms with Crippen LogP contribution < -0.4 is 10.6 Å². The van der Waals surface area contributed by atoms with Crippen molar-refractivity contribution in [3.63, 3.8) is 0 Å².